The number of nitrogens with one attached hydrogen (secondary N) is 1. The average molecular weight is 362 g/mol. The zero-order valence-corrected chi connectivity index (χ0v) is 15.4. The molecule has 0 radical (unpaired) electrons. The van der Waals surface area contributed by atoms with E-state index >= 15 is 0 Å². The fraction of sp³-hybridized carbons (Fsp3) is 0.438. The molecule has 134 valence electrons. The molecule has 0 spiro atoms. The molecule has 3 heterocycles. The van der Waals surface area contributed by atoms with Gasteiger partial charge in [-0.3, -0.25) is 4.98 Å². The summed E-state index contributed by atoms with van der Waals surface area (Å²) in [6, 6.07) is 5.37. The van der Waals surface area contributed by atoms with Crippen LogP contribution in [0.3, 0.4) is 0 Å². The Balaban J connectivity index is 1.86. The largest absolute Gasteiger partial charge is 0.324 e. The quantitative estimate of drug-likeness (QED) is 0.873. The van der Waals surface area contributed by atoms with Gasteiger partial charge in [0.2, 0.25) is 0 Å². The van der Waals surface area contributed by atoms with Crippen LogP contribution < -0.4 is 5.32 Å². The number of pyridine rings is 1. The Hall–Kier alpha value is -2.10. The van der Waals surface area contributed by atoms with Gasteiger partial charge in [-0.25, -0.2) is 9.97 Å². The normalized spacial score (nSPS) is 18.6. The maximum absolute atomic E-state index is 12.5. The first kappa shape index (κ1) is 17.7. The number of hydrogen-bond acceptors (Lipinski definition) is 6. The van der Waals surface area contributed by atoms with Crippen LogP contribution in [0.2, 0.25) is 0 Å². The minimum Gasteiger partial charge on any atom is -0.324 e. The van der Waals surface area contributed by atoms with Gasteiger partial charge in [-0.1, -0.05) is 6.07 Å². The molecule has 1 N–H and O–H groups in total. The van der Waals surface area contributed by atoms with Crippen LogP contribution in [-0.2, 0) is 10.2 Å². The summed E-state index contributed by atoms with van der Waals surface area (Å²) in [4.78, 5) is 13.2. The summed E-state index contributed by atoms with van der Waals surface area (Å²) in [6.45, 7) is 2.40. The summed E-state index contributed by atoms with van der Waals surface area (Å²) in [5.41, 5.74) is 1.54. The van der Waals surface area contributed by atoms with Gasteiger partial charge in [0.1, 0.15) is 11.6 Å². The molecule has 0 aromatic carbocycles. The van der Waals surface area contributed by atoms with Gasteiger partial charge in [0.15, 0.2) is 0 Å². The maximum Gasteiger partial charge on any atom is 0.282 e. The van der Waals surface area contributed by atoms with Crippen molar-refractivity contribution in [1.82, 2.24) is 23.6 Å². The summed E-state index contributed by atoms with van der Waals surface area (Å²) in [6.07, 6.45) is 4.76. The lowest BCUT2D eigenvalue weighted by atomic mass is 10.2. The minimum absolute atomic E-state index is 0.299. The van der Waals surface area contributed by atoms with Crippen molar-refractivity contribution in [2.24, 2.45) is 0 Å². The smallest absolute Gasteiger partial charge is 0.282 e. The molecule has 0 aliphatic carbocycles. The summed E-state index contributed by atoms with van der Waals surface area (Å²) in [7, 11) is -0.406. The molecule has 2 aromatic rings. The Labute approximate surface area is 148 Å². The van der Waals surface area contributed by atoms with Crippen molar-refractivity contribution in [3.05, 3.63) is 42.0 Å². The first-order chi connectivity index (χ1) is 11.9. The number of aryl methyl sites for hydroxylation is 1. The first-order valence-electron chi connectivity index (χ1n) is 8.10. The third-order valence-electron chi connectivity index (χ3n) is 4.10. The van der Waals surface area contributed by atoms with Crippen molar-refractivity contribution >= 4 is 21.8 Å². The molecule has 9 heteroatoms. The molecular formula is C16H22N6O2S. The van der Waals surface area contributed by atoms with E-state index in [0.29, 0.717) is 23.9 Å². The van der Waals surface area contributed by atoms with Crippen molar-refractivity contribution < 1.29 is 8.42 Å². The third kappa shape index (κ3) is 3.78. The van der Waals surface area contributed by atoms with E-state index in [-0.39, 0.29) is 6.04 Å². The van der Waals surface area contributed by atoms with E-state index in [0.717, 1.165) is 18.5 Å². The predicted octanol–water partition coefficient (Wildman–Crippen LogP) is 1.87. The summed E-state index contributed by atoms with van der Waals surface area (Å²) in [5, 5.41) is 3.12. The van der Waals surface area contributed by atoms with Crippen LogP contribution >= 0.6 is 0 Å². The van der Waals surface area contributed by atoms with Crippen molar-refractivity contribution in [3.63, 3.8) is 0 Å². The van der Waals surface area contributed by atoms with Gasteiger partial charge < -0.3 is 5.32 Å². The summed E-state index contributed by atoms with van der Waals surface area (Å²) < 4.78 is 27.7. The van der Waals surface area contributed by atoms with E-state index in [2.05, 4.69) is 20.3 Å². The highest BCUT2D eigenvalue weighted by Gasteiger charge is 2.37. The van der Waals surface area contributed by atoms with Crippen molar-refractivity contribution in [2.45, 2.75) is 25.8 Å². The van der Waals surface area contributed by atoms with Gasteiger partial charge >= 0.3 is 0 Å². The van der Waals surface area contributed by atoms with E-state index in [1.165, 1.54) is 22.7 Å². The number of anilines is 2. The fourth-order valence-electron chi connectivity index (χ4n) is 2.87. The molecule has 1 aliphatic rings. The zero-order valence-electron chi connectivity index (χ0n) is 14.5. The summed E-state index contributed by atoms with van der Waals surface area (Å²) >= 11 is 0. The number of aromatic nitrogens is 3. The number of hydrogen-bond donors (Lipinski definition) is 1. The maximum atomic E-state index is 12.5. The van der Waals surface area contributed by atoms with Gasteiger partial charge in [0, 0.05) is 26.3 Å². The van der Waals surface area contributed by atoms with E-state index in [1.54, 1.807) is 12.4 Å². The highest BCUT2D eigenvalue weighted by molar-refractivity contribution is 7.86. The molecule has 3 rings (SSSR count). The van der Waals surface area contributed by atoms with Crippen LogP contribution in [0.25, 0.3) is 0 Å². The first-order valence-corrected chi connectivity index (χ1v) is 9.49. The standard InChI is InChI=1S/C16H22N6O2S/c1-12-6-4-8-15(18-12)20-16-11-17-10-13(19-16)14-7-5-9-22(14)25(23,24)21(2)3/h4,6,8,10-11,14H,5,7,9H2,1-3H3,(H,18,19,20)/t14-/m1/s1. The monoisotopic (exact) mass is 362 g/mol. The molecule has 25 heavy (non-hydrogen) atoms. The molecule has 1 atom stereocenters. The van der Waals surface area contributed by atoms with Crippen LogP contribution in [0, 0.1) is 6.92 Å². The average Bonchev–Trinajstić information content (AvgIpc) is 3.05. The fourth-order valence-corrected chi connectivity index (χ4v) is 4.18. The van der Waals surface area contributed by atoms with Crippen molar-refractivity contribution in [3.8, 4) is 0 Å². The molecule has 0 amide bonds. The van der Waals surface area contributed by atoms with E-state index in [1.807, 2.05) is 25.1 Å². The molecule has 1 fully saturated rings. The number of rotatable bonds is 5. The molecule has 1 aliphatic heterocycles. The Kier molecular flexibility index (Phi) is 4.98. The van der Waals surface area contributed by atoms with Gasteiger partial charge in [0.25, 0.3) is 10.2 Å². The van der Waals surface area contributed by atoms with Gasteiger partial charge in [-0.05, 0) is 31.9 Å². The molecule has 8 nitrogen and oxygen atoms in total. The second-order valence-electron chi connectivity index (χ2n) is 6.18. The Morgan fingerprint density at radius 3 is 2.72 bits per heavy atom. The third-order valence-corrected chi connectivity index (χ3v) is 6.05. The highest BCUT2D eigenvalue weighted by atomic mass is 32.2. The van der Waals surface area contributed by atoms with Crippen LogP contribution in [0.15, 0.2) is 30.6 Å². The van der Waals surface area contributed by atoms with Crippen LogP contribution in [0.1, 0.15) is 30.3 Å². The Morgan fingerprint density at radius 1 is 1.20 bits per heavy atom. The van der Waals surface area contributed by atoms with Crippen LogP contribution in [0.5, 0.6) is 0 Å². The zero-order chi connectivity index (χ0) is 18.0. The minimum atomic E-state index is -3.49. The molecular weight excluding hydrogens is 340 g/mol. The lowest BCUT2D eigenvalue weighted by molar-refractivity contribution is 0.357. The summed E-state index contributed by atoms with van der Waals surface area (Å²) in [5.74, 6) is 1.22. The van der Waals surface area contributed by atoms with E-state index in [4.69, 9.17) is 0 Å². The molecule has 0 saturated carbocycles. The second-order valence-corrected chi connectivity index (χ2v) is 8.27. The second kappa shape index (κ2) is 7.03. The SMILES string of the molecule is Cc1cccc(Nc2cncc([C@H]3CCCN3S(=O)(=O)N(C)C)n2)n1. The molecule has 1 saturated heterocycles. The van der Waals surface area contributed by atoms with Crippen LogP contribution in [0.4, 0.5) is 11.6 Å². The number of nitrogens with zero attached hydrogens (tertiary/aromatic N) is 5. The lowest BCUT2D eigenvalue weighted by Gasteiger charge is -2.26. The molecule has 0 bridgehead atoms. The van der Waals surface area contributed by atoms with E-state index in [9.17, 15) is 8.42 Å². The molecule has 2 aromatic heterocycles. The van der Waals surface area contributed by atoms with Gasteiger partial charge in [-0.15, -0.1) is 0 Å². The van der Waals surface area contributed by atoms with Crippen molar-refractivity contribution in [2.75, 3.05) is 26.0 Å². The highest BCUT2D eigenvalue weighted by Crippen LogP contribution is 2.34. The van der Waals surface area contributed by atoms with Crippen LogP contribution in [-0.4, -0.2) is 52.6 Å². The van der Waals surface area contributed by atoms with Gasteiger partial charge in [-0.2, -0.15) is 17.0 Å². The Bertz CT molecular complexity index is 855. The van der Waals surface area contributed by atoms with Gasteiger partial charge in [0.05, 0.1) is 24.1 Å². The lowest BCUT2D eigenvalue weighted by Crippen LogP contribution is -2.39. The predicted molar refractivity (Wildman–Crippen MR) is 95.6 cm³/mol. The molecule has 0 unspecified atom stereocenters. The topological polar surface area (TPSA) is 91.3 Å². The Morgan fingerprint density at radius 2 is 2.00 bits per heavy atom. The van der Waals surface area contributed by atoms with E-state index < -0.39 is 10.2 Å². The van der Waals surface area contributed by atoms with Crippen molar-refractivity contribution in [1.29, 1.82) is 0 Å².